The molecular formula is C16H22N2O6. The summed E-state index contributed by atoms with van der Waals surface area (Å²) >= 11 is 0. The van der Waals surface area contributed by atoms with E-state index < -0.39 is 16.6 Å². The Kier molecular flexibility index (Phi) is 6.69. The molecule has 0 radical (unpaired) electrons. The Morgan fingerprint density at radius 1 is 1.21 bits per heavy atom. The number of nitro groups is 1. The van der Waals surface area contributed by atoms with Gasteiger partial charge in [0.05, 0.1) is 17.6 Å². The number of carbonyl (C=O) groups is 2. The predicted molar refractivity (Wildman–Crippen MR) is 87.0 cm³/mol. The molecule has 24 heavy (non-hydrogen) atoms. The minimum absolute atomic E-state index is 0.0159. The van der Waals surface area contributed by atoms with Crippen molar-refractivity contribution < 1.29 is 24.0 Å². The lowest BCUT2D eigenvalue weighted by molar-refractivity contribution is -0.385. The molecule has 0 heterocycles. The fraction of sp³-hybridized carbons (Fsp3) is 0.500. The molecule has 8 heteroatoms. The molecule has 0 aliphatic carbocycles. The zero-order valence-electron chi connectivity index (χ0n) is 14.4. The molecule has 0 bridgehead atoms. The molecule has 0 spiro atoms. The zero-order chi connectivity index (χ0) is 18.4. The van der Waals surface area contributed by atoms with Gasteiger partial charge in [-0.05, 0) is 39.8 Å². The van der Waals surface area contributed by atoms with Crippen LogP contribution in [-0.2, 0) is 9.53 Å². The molecule has 0 aromatic heterocycles. The van der Waals surface area contributed by atoms with Gasteiger partial charge in [-0.25, -0.2) is 4.79 Å². The number of rotatable bonds is 7. The van der Waals surface area contributed by atoms with Gasteiger partial charge in [0, 0.05) is 18.2 Å². The van der Waals surface area contributed by atoms with Gasteiger partial charge in [0.1, 0.15) is 0 Å². The fourth-order valence-electron chi connectivity index (χ4n) is 2.41. The molecule has 0 unspecified atom stereocenters. The fourth-order valence-corrected chi connectivity index (χ4v) is 2.41. The van der Waals surface area contributed by atoms with E-state index >= 15 is 0 Å². The summed E-state index contributed by atoms with van der Waals surface area (Å²) in [5.41, 5.74) is -0.361. The van der Waals surface area contributed by atoms with Crippen LogP contribution in [0.2, 0.25) is 0 Å². The molecule has 1 amide bonds. The van der Waals surface area contributed by atoms with Crippen LogP contribution in [0, 0.1) is 10.1 Å². The largest absolute Gasteiger partial charge is 0.477 e. The number of nitro benzene ring substituents is 1. The van der Waals surface area contributed by atoms with Crippen molar-refractivity contribution in [3.05, 3.63) is 33.9 Å². The maximum Gasteiger partial charge on any atom is 0.338 e. The average Bonchev–Trinajstić information content (AvgIpc) is 2.51. The van der Waals surface area contributed by atoms with E-state index in [9.17, 15) is 19.7 Å². The molecule has 132 valence electrons. The van der Waals surface area contributed by atoms with Crippen molar-refractivity contribution in [2.24, 2.45) is 0 Å². The molecule has 0 aliphatic heterocycles. The molecule has 0 saturated carbocycles. The Hall–Kier alpha value is -2.64. The molecular weight excluding hydrogens is 316 g/mol. The maximum atomic E-state index is 12.3. The van der Waals surface area contributed by atoms with E-state index in [1.54, 1.807) is 4.90 Å². The SMILES string of the molecule is COC(=O)c1ccc(OCC(=O)N(C(C)C)C(C)C)c([N+](=O)[O-])c1. The van der Waals surface area contributed by atoms with Gasteiger partial charge in [-0.2, -0.15) is 0 Å². The Balaban J connectivity index is 2.97. The van der Waals surface area contributed by atoms with Crippen LogP contribution in [0.5, 0.6) is 5.75 Å². The molecule has 0 saturated heterocycles. The van der Waals surface area contributed by atoms with Gasteiger partial charge in [0.2, 0.25) is 0 Å². The number of hydrogen-bond donors (Lipinski definition) is 0. The second-order valence-electron chi connectivity index (χ2n) is 5.71. The summed E-state index contributed by atoms with van der Waals surface area (Å²) in [6, 6.07) is 3.66. The minimum Gasteiger partial charge on any atom is -0.477 e. The van der Waals surface area contributed by atoms with Crippen LogP contribution in [0.1, 0.15) is 38.1 Å². The van der Waals surface area contributed by atoms with Crippen molar-refractivity contribution in [3.8, 4) is 5.75 Å². The molecule has 0 fully saturated rings. The van der Waals surface area contributed by atoms with E-state index in [-0.39, 0.29) is 35.9 Å². The highest BCUT2D eigenvalue weighted by Crippen LogP contribution is 2.28. The highest BCUT2D eigenvalue weighted by Gasteiger charge is 2.23. The lowest BCUT2D eigenvalue weighted by Gasteiger charge is -2.30. The smallest absolute Gasteiger partial charge is 0.338 e. The minimum atomic E-state index is -0.688. The van der Waals surface area contributed by atoms with Crippen molar-refractivity contribution in [1.29, 1.82) is 0 Å². The standard InChI is InChI=1S/C16H22N2O6/c1-10(2)17(11(3)4)15(19)9-24-14-7-6-12(16(20)23-5)8-13(14)18(21)22/h6-8,10-11H,9H2,1-5H3. The van der Waals surface area contributed by atoms with Gasteiger partial charge in [-0.3, -0.25) is 14.9 Å². The molecule has 8 nitrogen and oxygen atoms in total. The lowest BCUT2D eigenvalue weighted by Crippen LogP contribution is -2.44. The van der Waals surface area contributed by atoms with E-state index in [1.165, 1.54) is 19.2 Å². The number of carbonyl (C=O) groups excluding carboxylic acids is 2. The van der Waals surface area contributed by atoms with E-state index in [2.05, 4.69) is 4.74 Å². The van der Waals surface area contributed by atoms with Crippen molar-refractivity contribution in [1.82, 2.24) is 4.90 Å². The Bertz CT molecular complexity index is 619. The number of esters is 1. The summed E-state index contributed by atoms with van der Waals surface area (Å²) in [6.45, 7) is 7.20. The zero-order valence-corrected chi connectivity index (χ0v) is 14.4. The van der Waals surface area contributed by atoms with Crippen molar-refractivity contribution in [2.75, 3.05) is 13.7 Å². The summed E-state index contributed by atoms with van der Waals surface area (Å²) in [7, 11) is 1.18. The van der Waals surface area contributed by atoms with Crippen LogP contribution < -0.4 is 4.74 Å². The quantitative estimate of drug-likeness (QED) is 0.430. The van der Waals surface area contributed by atoms with Gasteiger partial charge in [0.25, 0.3) is 5.91 Å². The van der Waals surface area contributed by atoms with Gasteiger partial charge in [-0.15, -0.1) is 0 Å². The van der Waals surface area contributed by atoms with Crippen LogP contribution in [0.3, 0.4) is 0 Å². The lowest BCUT2D eigenvalue weighted by atomic mass is 10.2. The second-order valence-corrected chi connectivity index (χ2v) is 5.71. The number of hydrogen-bond acceptors (Lipinski definition) is 6. The summed E-state index contributed by atoms with van der Waals surface area (Å²) in [4.78, 5) is 35.8. The average molecular weight is 338 g/mol. The van der Waals surface area contributed by atoms with Gasteiger partial charge in [0.15, 0.2) is 12.4 Å². The summed E-state index contributed by atoms with van der Waals surface area (Å²) in [6.07, 6.45) is 0. The number of ether oxygens (including phenoxy) is 2. The van der Waals surface area contributed by atoms with Crippen molar-refractivity contribution >= 4 is 17.6 Å². The monoisotopic (exact) mass is 338 g/mol. The normalized spacial score (nSPS) is 10.6. The molecule has 1 rings (SSSR count). The Labute approximate surface area is 140 Å². The third-order valence-corrected chi connectivity index (χ3v) is 3.33. The van der Waals surface area contributed by atoms with Crippen LogP contribution in [0.15, 0.2) is 18.2 Å². The first-order valence-electron chi connectivity index (χ1n) is 7.49. The van der Waals surface area contributed by atoms with Crippen LogP contribution in [0.4, 0.5) is 5.69 Å². The molecule has 0 aliphatic rings. The second kappa shape index (κ2) is 8.28. The summed E-state index contributed by atoms with van der Waals surface area (Å²) in [5, 5.41) is 11.2. The molecule has 1 aromatic carbocycles. The van der Waals surface area contributed by atoms with Crippen LogP contribution in [0.25, 0.3) is 0 Å². The number of nitrogens with zero attached hydrogens (tertiary/aromatic N) is 2. The first-order valence-corrected chi connectivity index (χ1v) is 7.49. The maximum absolute atomic E-state index is 12.3. The van der Waals surface area contributed by atoms with Crippen LogP contribution in [-0.4, -0.2) is 47.5 Å². The number of amides is 1. The third-order valence-electron chi connectivity index (χ3n) is 3.33. The highest BCUT2D eigenvalue weighted by molar-refractivity contribution is 5.90. The molecule has 0 atom stereocenters. The number of benzene rings is 1. The van der Waals surface area contributed by atoms with E-state index in [1.807, 2.05) is 27.7 Å². The van der Waals surface area contributed by atoms with Crippen LogP contribution >= 0.6 is 0 Å². The Morgan fingerprint density at radius 3 is 2.25 bits per heavy atom. The Morgan fingerprint density at radius 2 is 1.79 bits per heavy atom. The van der Waals surface area contributed by atoms with E-state index in [0.717, 1.165) is 6.07 Å². The summed E-state index contributed by atoms with van der Waals surface area (Å²) in [5.74, 6) is -1.04. The van der Waals surface area contributed by atoms with Gasteiger partial charge < -0.3 is 14.4 Å². The van der Waals surface area contributed by atoms with Crippen molar-refractivity contribution in [2.45, 2.75) is 39.8 Å². The molecule has 0 N–H and O–H groups in total. The first kappa shape index (κ1) is 19.4. The molecule has 1 aromatic rings. The topological polar surface area (TPSA) is 99.0 Å². The number of methoxy groups -OCH3 is 1. The first-order chi connectivity index (χ1) is 11.2. The van der Waals surface area contributed by atoms with Gasteiger partial charge >= 0.3 is 11.7 Å². The predicted octanol–water partition coefficient (Wildman–Crippen LogP) is 2.41. The van der Waals surface area contributed by atoms with E-state index in [0.29, 0.717) is 0 Å². The third kappa shape index (κ3) is 4.68. The van der Waals surface area contributed by atoms with Gasteiger partial charge in [-0.1, -0.05) is 0 Å². The van der Waals surface area contributed by atoms with Crippen molar-refractivity contribution in [3.63, 3.8) is 0 Å². The van der Waals surface area contributed by atoms with E-state index in [4.69, 9.17) is 4.74 Å². The highest BCUT2D eigenvalue weighted by atomic mass is 16.6. The summed E-state index contributed by atoms with van der Waals surface area (Å²) < 4.78 is 9.86.